The first-order valence-corrected chi connectivity index (χ1v) is 7.99. The molecule has 3 heterocycles. The molecule has 0 N–H and O–H groups in total. The summed E-state index contributed by atoms with van der Waals surface area (Å²) in [6, 6.07) is 3.52. The minimum Gasteiger partial charge on any atom is -0.480 e. The van der Waals surface area contributed by atoms with Crippen LogP contribution in [0.5, 0.6) is 5.88 Å². The number of hydrogen-bond donors (Lipinski definition) is 0. The van der Waals surface area contributed by atoms with E-state index in [1.807, 2.05) is 11.8 Å². The van der Waals surface area contributed by atoms with Crippen LogP contribution < -0.4 is 4.74 Å². The van der Waals surface area contributed by atoms with Gasteiger partial charge >= 0.3 is 0 Å². The van der Waals surface area contributed by atoms with E-state index in [0.717, 1.165) is 31.6 Å². The van der Waals surface area contributed by atoms with Crippen molar-refractivity contribution in [1.29, 1.82) is 0 Å². The lowest BCUT2D eigenvalue weighted by molar-refractivity contribution is 0.0723. The third kappa shape index (κ3) is 3.04. The van der Waals surface area contributed by atoms with Crippen LogP contribution >= 0.6 is 0 Å². The van der Waals surface area contributed by atoms with Gasteiger partial charge in [0.25, 0.3) is 5.91 Å². The SMILES string of the molecule is CCc1c(C(=O)N2CCCCC2)cnn1-c1ccc(OC)nn1. The smallest absolute Gasteiger partial charge is 0.257 e. The van der Waals surface area contributed by atoms with Crippen LogP contribution in [-0.4, -0.2) is 51.0 Å². The molecule has 2 aromatic heterocycles. The third-order valence-corrected chi connectivity index (χ3v) is 4.13. The Morgan fingerprint density at radius 2 is 2.00 bits per heavy atom. The molecular formula is C16H21N5O2. The zero-order valence-electron chi connectivity index (χ0n) is 13.5. The predicted molar refractivity (Wildman–Crippen MR) is 84.8 cm³/mol. The number of methoxy groups -OCH3 is 1. The number of amides is 1. The molecule has 1 aliphatic heterocycles. The molecule has 1 fully saturated rings. The average Bonchev–Trinajstić information content (AvgIpc) is 3.05. The van der Waals surface area contributed by atoms with Crippen LogP contribution in [0.2, 0.25) is 0 Å². The lowest BCUT2D eigenvalue weighted by atomic mass is 10.1. The molecule has 0 atom stereocenters. The van der Waals surface area contributed by atoms with E-state index in [1.165, 1.54) is 6.42 Å². The standard InChI is InChI=1S/C16H21N5O2/c1-3-13-12(16(22)20-9-5-4-6-10-20)11-17-21(13)14-7-8-15(23-2)19-18-14/h7-8,11H,3-6,9-10H2,1-2H3. The fourth-order valence-corrected chi connectivity index (χ4v) is 2.89. The Balaban J connectivity index is 1.90. The molecule has 0 saturated carbocycles. The minimum absolute atomic E-state index is 0.0641. The van der Waals surface area contributed by atoms with E-state index >= 15 is 0 Å². The summed E-state index contributed by atoms with van der Waals surface area (Å²) in [5, 5.41) is 12.4. The molecule has 23 heavy (non-hydrogen) atoms. The molecule has 2 aromatic rings. The quantitative estimate of drug-likeness (QED) is 0.861. The first-order chi connectivity index (χ1) is 11.2. The van der Waals surface area contributed by atoms with Gasteiger partial charge in [-0.05, 0) is 31.7 Å². The topological polar surface area (TPSA) is 73.1 Å². The molecule has 3 rings (SSSR count). The van der Waals surface area contributed by atoms with E-state index in [1.54, 1.807) is 30.1 Å². The van der Waals surface area contributed by atoms with Crippen LogP contribution in [0.25, 0.3) is 5.82 Å². The number of hydrogen-bond acceptors (Lipinski definition) is 5. The Morgan fingerprint density at radius 3 is 2.61 bits per heavy atom. The first-order valence-electron chi connectivity index (χ1n) is 7.99. The van der Waals surface area contributed by atoms with Crippen molar-refractivity contribution in [2.45, 2.75) is 32.6 Å². The maximum atomic E-state index is 12.7. The predicted octanol–water partition coefficient (Wildman–Crippen LogP) is 1.86. The van der Waals surface area contributed by atoms with Crippen LogP contribution in [0.4, 0.5) is 0 Å². The first kappa shape index (κ1) is 15.5. The van der Waals surface area contributed by atoms with Crippen molar-refractivity contribution >= 4 is 5.91 Å². The van der Waals surface area contributed by atoms with Gasteiger partial charge in [-0.25, -0.2) is 4.68 Å². The fraction of sp³-hybridized carbons (Fsp3) is 0.500. The molecule has 7 nitrogen and oxygen atoms in total. The lowest BCUT2D eigenvalue weighted by Gasteiger charge is -2.26. The number of rotatable bonds is 4. The van der Waals surface area contributed by atoms with Crippen LogP contribution in [0.15, 0.2) is 18.3 Å². The Morgan fingerprint density at radius 1 is 1.22 bits per heavy atom. The molecule has 0 aliphatic carbocycles. The summed E-state index contributed by atoms with van der Waals surface area (Å²) in [5.74, 6) is 1.10. The number of likely N-dealkylation sites (tertiary alicyclic amines) is 1. The highest BCUT2D eigenvalue weighted by Gasteiger charge is 2.24. The Labute approximate surface area is 135 Å². The van der Waals surface area contributed by atoms with E-state index in [4.69, 9.17) is 4.74 Å². The number of carbonyl (C=O) groups is 1. The Bertz CT molecular complexity index is 674. The van der Waals surface area contributed by atoms with Crippen LogP contribution in [-0.2, 0) is 6.42 Å². The van der Waals surface area contributed by atoms with Crippen LogP contribution in [0.1, 0.15) is 42.2 Å². The van der Waals surface area contributed by atoms with E-state index < -0.39 is 0 Å². The second kappa shape index (κ2) is 6.76. The molecule has 0 spiro atoms. The van der Waals surface area contributed by atoms with E-state index in [-0.39, 0.29) is 5.91 Å². The van der Waals surface area contributed by atoms with Crippen LogP contribution in [0.3, 0.4) is 0 Å². The summed E-state index contributed by atoms with van der Waals surface area (Å²) in [7, 11) is 1.55. The number of nitrogens with zero attached hydrogens (tertiary/aromatic N) is 5. The molecule has 0 aromatic carbocycles. The van der Waals surface area contributed by atoms with Gasteiger partial charge in [0.05, 0.1) is 24.6 Å². The molecule has 0 bridgehead atoms. The third-order valence-electron chi connectivity index (χ3n) is 4.13. The van der Waals surface area contributed by atoms with Gasteiger partial charge in [0, 0.05) is 19.2 Å². The fourth-order valence-electron chi connectivity index (χ4n) is 2.89. The maximum absolute atomic E-state index is 12.7. The molecule has 122 valence electrons. The lowest BCUT2D eigenvalue weighted by Crippen LogP contribution is -2.36. The van der Waals surface area contributed by atoms with Gasteiger partial charge in [-0.15, -0.1) is 10.2 Å². The average molecular weight is 315 g/mol. The second-order valence-electron chi connectivity index (χ2n) is 5.56. The van der Waals surface area contributed by atoms with Gasteiger partial charge in [0.1, 0.15) is 0 Å². The zero-order chi connectivity index (χ0) is 16.2. The minimum atomic E-state index is 0.0641. The van der Waals surface area contributed by atoms with Crippen LogP contribution in [0, 0.1) is 0 Å². The van der Waals surface area contributed by atoms with E-state index in [9.17, 15) is 4.79 Å². The normalized spacial score (nSPS) is 14.8. The zero-order valence-corrected chi connectivity index (χ0v) is 13.5. The summed E-state index contributed by atoms with van der Waals surface area (Å²) in [6.45, 7) is 3.67. The number of aromatic nitrogens is 4. The monoisotopic (exact) mass is 315 g/mol. The number of carbonyl (C=O) groups excluding carboxylic acids is 1. The Kier molecular flexibility index (Phi) is 4.55. The Hall–Kier alpha value is -2.44. The summed E-state index contributed by atoms with van der Waals surface area (Å²) in [5.41, 5.74) is 1.52. The van der Waals surface area contributed by atoms with Crippen molar-refractivity contribution in [3.05, 3.63) is 29.6 Å². The van der Waals surface area contributed by atoms with Crippen molar-refractivity contribution in [3.8, 4) is 11.7 Å². The largest absolute Gasteiger partial charge is 0.480 e. The van der Waals surface area contributed by atoms with Crippen molar-refractivity contribution in [1.82, 2.24) is 24.9 Å². The van der Waals surface area contributed by atoms with Crippen molar-refractivity contribution in [2.24, 2.45) is 0 Å². The molecule has 0 radical (unpaired) electrons. The highest BCUT2D eigenvalue weighted by molar-refractivity contribution is 5.95. The van der Waals surface area contributed by atoms with Gasteiger partial charge < -0.3 is 9.64 Å². The number of piperidine rings is 1. The molecule has 7 heteroatoms. The van der Waals surface area contributed by atoms with Gasteiger partial charge in [-0.3, -0.25) is 4.79 Å². The van der Waals surface area contributed by atoms with Gasteiger partial charge in [0.2, 0.25) is 5.88 Å². The summed E-state index contributed by atoms with van der Waals surface area (Å²) < 4.78 is 6.70. The highest BCUT2D eigenvalue weighted by Crippen LogP contribution is 2.19. The molecule has 1 amide bonds. The van der Waals surface area contributed by atoms with Crippen molar-refractivity contribution in [2.75, 3.05) is 20.2 Å². The van der Waals surface area contributed by atoms with E-state index in [2.05, 4.69) is 15.3 Å². The molecular weight excluding hydrogens is 294 g/mol. The molecule has 0 unspecified atom stereocenters. The maximum Gasteiger partial charge on any atom is 0.257 e. The second-order valence-corrected chi connectivity index (χ2v) is 5.56. The molecule has 1 saturated heterocycles. The summed E-state index contributed by atoms with van der Waals surface area (Å²) >= 11 is 0. The summed E-state index contributed by atoms with van der Waals surface area (Å²) in [6.07, 6.45) is 5.69. The van der Waals surface area contributed by atoms with Gasteiger partial charge in [-0.1, -0.05) is 6.92 Å². The van der Waals surface area contributed by atoms with Crippen molar-refractivity contribution < 1.29 is 9.53 Å². The number of ether oxygens (including phenoxy) is 1. The highest BCUT2D eigenvalue weighted by atomic mass is 16.5. The van der Waals surface area contributed by atoms with Gasteiger partial charge in [0.15, 0.2) is 5.82 Å². The van der Waals surface area contributed by atoms with E-state index in [0.29, 0.717) is 23.7 Å². The summed E-state index contributed by atoms with van der Waals surface area (Å²) in [4.78, 5) is 14.7. The van der Waals surface area contributed by atoms with Crippen molar-refractivity contribution in [3.63, 3.8) is 0 Å². The van der Waals surface area contributed by atoms with Gasteiger partial charge in [-0.2, -0.15) is 5.10 Å². The molecule has 1 aliphatic rings.